The van der Waals surface area contributed by atoms with E-state index < -0.39 is 12.0 Å². The number of allylic oxidation sites excluding steroid dienone is 1. The van der Waals surface area contributed by atoms with Crippen molar-refractivity contribution < 1.29 is 23.9 Å². The number of thiophene rings is 1. The van der Waals surface area contributed by atoms with Gasteiger partial charge in [-0.05, 0) is 68.3 Å². The summed E-state index contributed by atoms with van der Waals surface area (Å²) in [4.78, 5) is 47.1. The third kappa shape index (κ3) is 5.48. The molecule has 1 aromatic heterocycles. The molecule has 4 heterocycles. The third-order valence-electron chi connectivity index (χ3n) is 6.15. The zero-order chi connectivity index (χ0) is 25.1. The first kappa shape index (κ1) is 25.5. The van der Waals surface area contributed by atoms with Crippen LogP contribution in [0, 0.1) is 5.92 Å². The Morgan fingerprint density at radius 2 is 2.09 bits per heavy atom. The molecule has 0 N–H and O–H groups in total. The van der Waals surface area contributed by atoms with Gasteiger partial charge in [-0.15, -0.1) is 0 Å². The Balaban J connectivity index is 1.56. The van der Waals surface area contributed by atoms with Gasteiger partial charge in [-0.2, -0.15) is 11.3 Å². The first-order chi connectivity index (χ1) is 16.8. The summed E-state index contributed by atoms with van der Waals surface area (Å²) in [6.07, 6.45) is 1.40. The van der Waals surface area contributed by atoms with E-state index in [1.54, 1.807) is 23.2 Å². The molecule has 0 aliphatic carbocycles. The van der Waals surface area contributed by atoms with Gasteiger partial charge in [0.05, 0.1) is 42.4 Å². The minimum atomic E-state index is -0.414. The van der Waals surface area contributed by atoms with Gasteiger partial charge in [-0.25, -0.2) is 9.79 Å². The largest absolute Gasteiger partial charge is 0.466 e. The van der Waals surface area contributed by atoms with Gasteiger partial charge < -0.3 is 19.3 Å². The van der Waals surface area contributed by atoms with Gasteiger partial charge in [0, 0.05) is 18.8 Å². The third-order valence-corrected chi connectivity index (χ3v) is 7.74. The van der Waals surface area contributed by atoms with E-state index in [1.165, 1.54) is 11.8 Å². The second kappa shape index (κ2) is 11.0. The van der Waals surface area contributed by atoms with E-state index in [-0.39, 0.29) is 30.3 Å². The van der Waals surface area contributed by atoms with Gasteiger partial charge in [0.2, 0.25) is 5.91 Å². The summed E-state index contributed by atoms with van der Waals surface area (Å²) in [6, 6.07) is 1.58. The fourth-order valence-electron chi connectivity index (χ4n) is 4.58. The molecule has 1 saturated heterocycles. The molecular weight excluding hydrogens is 486 g/mol. The van der Waals surface area contributed by atoms with Crippen LogP contribution in [-0.4, -0.2) is 58.6 Å². The fraction of sp³-hybridized carbons (Fsp3) is 0.520. The lowest BCUT2D eigenvalue weighted by Gasteiger charge is -2.37. The van der Waals surface area contributed by atoms with Gasteiger partial charge in [0.25, 0.3) is 0 Å². The molecule has 1 aromatic rings. The number of ether oxygens (including phenoxy) is 2. The van der Waals surface area contributed by atoms with Crippen LogP contribution in [0.5, 0.6) is 0 Å². The highest BCUT2D eigenvalue weighted by atomic mass is 32.2. The number of hydrogen-bond donors (Lipinski definition) is 0. The SMILES string of the molecule is CCOC(=O)[C@H]1CCCN(C(=O)CC2=CSC3=NC(C)=C(C(=O)OC(C)C)[C@@H](c4ccsc4)N23)C1. The zero-order valence-electron chi connectivity index (χ0n) is 20.5. The Labute approximate surface area is 214 Å². The number of esters is 2. The minimum absolute atomic E-state index is 0.0475. The van der Waals surface area contributed by atoms with Crippen LogP contribution in [-0.2, 0) is 23.9 Å². The Morgan fingerprint density at radius 1 is 1.29 bits per heavy atom. The molecule has 2 atom stereocenters. The molecule has 10 heteroatoms. The number of thioether (sulfide) groups is 1. The first-order valence-electron chi connectivity index (χ1n) is 11.9. The van der Waals surface area contributed by atoms with Crippen LogP contribution >= 0.6 is 23.1 Å². The second-order valence-electron chi connectivity index (χ2n) is 9.01. The van der Waals surface area contributed by atoms with E-state index >= 15 is 0 Å². The molecule has 8 nitrogen and oxygen atoms in total. The molecule has 0 aromatic carbocycles. The maximum absolute atomic E-state index is 13.3. The molecule has 0 bridgehead atoms. The van der Waals surface area contributed by atoms with E-state index in [1.807, 2.05) is 47.9 Å². The normalized spacial score (nSPS) is 22.1. The molecule has 0 spiro atoms. The Hall–Kier alpha value is -2.59. The first-order valence-corrected chi connectivity index (χ1v) is 13.7. The molecule has 35 heavy (non-hydrogen) atoms. The molecule has 0 unspecified atom stereocenters. The van der Waals surface area contributed by atoms with Crippen molar-refractivity contribution in [1.29, 1.82) is 0 Å². The van der Waals surface area contributed by atoms with Crippen LogP contribution in [0.1, 0.15) is 58.6 Å². The summed E-state index contributed by atoms with van der Waals surface area (Å²) >= 11 is 3.01. The predicted octanol–water partition coefficient (Wildman–Crippen LogP) is 4.47. The number of likely N-dealkylation sites (tertiary alicyclic amines) is 1. The molecule has 3 aliphatic rings. The average molecular weight is 518 g/mol. The molecule has 0 saturated carbocycles. The highest BCUT2D eigenvalue weighted by Crippen LogP contribution is 2.45. The fourth-order valence-corrected chi connectivity index (χ4v) is 6.22. The number of nitrogens with zero attached hydrogens (tertiary/aromatic N) is 3. The number of fused-ring (bicyclic) bond motifs is 1. The summed E-state index contributed by atoms with van der Waals surface area (Å²) in [5.74, 6) is -0.966. The van der Waals surface area contributed by atoms with Gasteiger partial charge in [-0.1, -0.05) is 11.8 Å². The molecule has 1 fully saturated rings. The summed E-state index contributed by atoms with van der Waals surface area (Å²) in [6.45, 7) is 8.59. The number of amidine groups is 1. The van der Waals surface area contributed by atoms with Crippen molar-refractivity contribution in [2.45, 2.75) is 59.1 Å². The molecular formula is C25H31N3O5S2. The lowest BCUT2D eigenvalue weighted by molar-refractivity contribution is -0.151. The van der Waals surface area contributed by atoms with Crippen LogP contribution < -0.4 is 0 Å². The molecule has 3 aliphatic heterocycles. The van der Waals surface area contributed by atoms with Crippen molar-refractivity contribution in [2.24, 2.45) is 10.9 Å². The Bertz CT molecular complexity index is 1080. The van der Waals surface area contributed by atoms with Gasteiger partial charge in [-0.3, -0.25) is 9.59 Å². The lowest BCUT2D eigenvalue weighted by atomic mass is 9.95. The number of rotatable bonds is 7. The summed E-state index contributed by atoms with van der Waals surface area (Å²) in [7, 11) is 0. The van der Waals surface area contributed by atoms with Crippen LogP contribution in [0.4, 0.5) is 0 Å². The smallest absolute Gasteiger partial charge is 0.338 e. The van der Waals surface area contributed by atoms with E-state index in [9.17, 15) is 14.4 Å². The summed E-state index contributed by atoms with van der Waals surface area (Å²) in [5, 5.41) is 6.67. The van der Waals surface area contributed by atoms with Crippen LogP contribution in [0.2, 0.25) is 0 Å². The van der Waals surface area contributed by atoms with Crippen molar-refractivity contribution in [3.8, 4) is 0 Å². The number of hydrogen-bond acceptors (Lipinski definition) is 9. The quantitative estimate of drug-likeness (QED) is 0.493. The molecule has 188 valence electrons. The Kier molecular flexibility index (Phi) is 8.01. The van der Waals surface area contributed by atoms with Crippen molar-refractivity contribution in [3.05, 3.63) is 44.8 Å². The maximum Gasteiger partial charge on any atom is 0.338 e. The predicted molar refractivity (Wildman–Crippen MR) is 136 cm³/mol. The topological polar surface area (TPSA) is 88.5 Å². The molecule has 0 radical (unpaired) electrons. The number of carbonyl (C=O) groups excluding carboxylic acids is 3. The Morgan fingerprint density at radius 3 is 2.77 bits per heavy atom. The second-order valence-corrected chi connectivity index (χ2v) is 10.6. The van der Waals surface area contributed by atoms with Gasteiger partial charge >= 0.3 is 11.9 Å². The molecule has 4 rings (SSSR count). The van der Waals surface area contributed by atoms with Crippen molar-refractivity contribution in [1.82, 2.24) is 9.80 Å². The van der Waals surface area contributed by atoms with E-state index in [2.05, 4.69) is 4.99 Å². The van der Waals surface area contributed by atoms with E-state index in [4.69, 9.17) is 9.47 Å². The van der Waals surface area contributed by atoms with Gasteiger partial charge in [0.1, 0.15) is 0 Å². The number of piperidine rings is 1. The van der Waals surface area contributed by atoms with Gasteiger partial charge in [0.15, 0.2) is 5.17 Å². The number of aliphatic imine (C=N–C) groups is 1. The van der Waals surface area contributed by atoms with Crippen molar-refractivity contribution in [2.75, 3.05) is 19.7 Å². The van der Waals surface area contributed by atoms with E-state index in [0.717, 1.165) is 29.3 Å². The number of carbonyl (C=O) groups is 3. The molecule has 1 amide bonds. The standard InChI is InChI=1S/C25H31N3O5S2/c1-5-32-23(30)17-7-6-9-27(12-17)20(29)11-19-14-35-25-26-16(4)21(24(31)33-15(2)3)22(28(19)25)18-8-10-34-13-18/h8,10,13-15,17,22H,5-7,9,11-12H2,1-4H3/t17-,22+/m0/s1. The van der Waals surface area contributed by atoms with Crippen molar-refractivity contribution in [3.63, 3.8) is 0 Å². The lowest BCUT2D eigenvalue weighted by Crippen LogP contribution is -2.44. The highest BCUT2D eigenvalue weighted by Gasteiger charge is 2.42. The van der Waals surface area contributed by atoms with E-state index in [0.29, 0.717) is 31.0 Å². The zero-order valence-corrected chi connectivity index (χ0v) is 22.1. The summed E-state index contributed by atoms with van der Waals surface area (Å²) < 4.78 is 10.7. The van der Waals surface area contributed by atoms with Crippen LogP contribution in [0.15, 0.2) is 44.2 Å². The minimum Gasteiger partial charge on any atom is -0.466 e. The average Bonchev–Trinajstić information content (AvgIpc) is 3.48. The van der Waals surface area contributed by atoms with Crippen LogP contribution in [0.3, 0.4) is 0 Å². The highest BCUT2D eigenvalue weighted by molar-refractivity contribution is 8.16. The monoisotopic (exact) mass is 517 g/mol. The van der Waals surface area contributed by atoms with Crippen LogP contribution in [0.25, 0.3) is 0 Å². The van der Waals surface area contributed by atoms with Crippen molar-refractivity contribution >= 4 is 46.1 Å². The summed E-state index contributed by atoms with van der Waals surface area (Å²) in [5.41, 5.74) is 2.86. The maximum atomic E-state index is 13.3. The number of amides is 1.